The van der Waals surface area contributed by atoms with E-state index in [1.807, 2.05) is 6.92 Å². The molecule has 4 nitrogen and oxygen atoms in total. The smallest absolute Gasteiger partial charge is 0.100 e. The summed E-state index contributed by atoms with van der Waals surface area (Å²) in [5.74, 6) is 0. The molecule has 2 rings (SSSR count). The number of rotatable bonds is 2. The lowest BCUT2D eigenvalue weighted by molar-refractivity contribution is 0.0324. The minimum atomic E-state index is 0.123. The van der Waals surface area contributed by atoms with E-state index in [-0.39, 0.29) is 30.9 Å². The predicted octanol–water partition coefficient (Wildman–Crippen LogP) is -0.475. The fourth-order valence-electron chi connectivity index (χ4n) is 1.96. The van der Waals surface area contributed by atoms with E-state index in [0.29, 0.717) is 6.42 Å². The van der Waals surface area contributed by atoms with Gasteiger partial charge in [-0.3, -0.25) is 4.99 Å². The largest absolute Gasteiger partial charge is 0.396 e. The average molecular weight is 170 g/mol. The zero-order chi connectivity index (χ0) is 8.55. The Morgan fingerprint density at radius 3 is 3.25 bits per heavy atom. The van der Waals surface area contributed by atoms with Gasteiger partial charge in [-0.15, -0.1) is 0 Å². The Morgan fingerprint density at radius 2 is 2.50 bits per heavy atom. The second-order valence-electron chi connectivity index (χ2n) is 3.35. The van der Waals surface area contributed by atoms with Gasteiger partial charge in [0.1, 0.15) is 6.04 Å². The van der Waals surface area contributed by atoms with Gasteiger partial charge in [0.15, 0.2) is 0 Å². The average Bonchev–Trinajstić information content (AvgIpc) is 2.58. The highest BCUT2D eigenvalue weighted by Crippen LogP contribution is 2.27. The van der Waals surface area contributed by atoms with Gasteiger partial charge in [0.05, 0.1) is 24.6 Å². The van der Waals surface area contributed by atoms with E-state index in [2.05, 4.69) is 10.3 Å². The fraction of sp³-hybridized carbons (Fsp3) is 0.875. The summed E-state index contributed by atoms with van der Waals surface area (Å²) in [4.78, 5) is 4.27. The van der Waals surface area contributed by atoms with Crippen molar-refractivity contribution in [1.82, 2.24) is 5.32 Å². The zero-order valence-electron chi connectivity index (χ0n) is 7.10. The molecule has 4 unspecified atom stereocenters. The maximum Gasteiger partial charge on any atom is 0.100 e. The number of ether oxygens (including phenoxy) is 1. The summed E-state index contributed by atoms with van der Waals surface area (Å²) in [5, 5.41) is 11.9. The molecule has 0 amide bonds. The van der Waals surface area contributed by atoms with Crippen LogP contribution in [0.15, 0.2) is 4.99 Å². The maximum atomic E-state index is 8.78. The number of nitrogens with zero attached hydrogens (tertiary/aromatic N) is 1. The molecule has 1 saturated heterocycles. The number of fused-ring (bicyclic) bond motifs is 1. The van der Waals surface area contributed by atoms with Crippen molar-refractivity contribution in [3.63, 3.8) is 0 Å². The molecule has 4 heteroatoms. The van der Waals surface area contributed by atoms with Crippen molar-refractivity contribution < 1.29 is 9.84 Å². The maximum absolute atomic E-state index is 8.78. The van der Waals surface area contributed by atoms with Crippen LogP contribution in [0.25, 0.3) is 0 Å². The summed E-state index contributed by atoms with van der Waals surface area (Å²) >= 11 is 0. The summed E-state index contributed by atoms with van der Waals surface area (Å²) in [6.45, 7) is 2.21. The molecule has 1 fully saturated rings. The van der Waals surface area contributed by atoms with Crippen LogP contribution in [0, 0.1) is 0 Å². The summed E-state index contributed by atoms with van der Waals surface area (Å²) < 4.78 is 5.63. The molecule has 0 aromatic heterocycles. The lowest BCUT2D eigenvalue weighted by atomic mass is 10.0. The molecule has 0 aromatic carbocycles. The molecule has 2 aliphatic heterocycles. The molecule has 0 aromatic rings. The number of nitrogens with one attached hydrogen (secondary N) is 1. The van der Waals surface area contributed by atoms with Gasteiger partial charge in [-0.1, -0.05) is 0 Å². The van der Waals surface area contributed by atoms with Crippen molar-refractivity contribution >= 4 is 6.34 Å². The number of aliphatic hydroxyl groups excluding tert-OH is 1. The number of hydrogen-bond donors (Lipinski definition) is 2. The third-order valence-corrected chi connectivity index (χ3v) is 2.57. The lowest BCUT2D eigenvalue weighted by Crippen LogP contribution is -2.38. The molecule has 68 valence electrons. The minimum Gasteiger partial charge on any atom is -0.396 e. The molecule has 0 radical (unpaired) electrons. The molecule has 2 aliphatic rings. The van der Waals surface area contributed by atoms with Crippen molar-refractivity contribution in [2.75, 3.05) is 6.61 Å². The van der Waals surface area contributed by atoms with Crippen molar-refractivity contribution in [3.8, 4) is 0 Å². The van der Waals surface area contributed by atoms with Gasteiger partial charge in [0.25, 0.3) is 0 Å². The van der Waals surface area contributed by atoms with Crippen LogP contribution in [-0.2, 0) is 4.74 Å². The Morgan fingerprint density at radius 1 is 1.67 bits per heavy atom. The van der Waals surface area contributed by atoms with E-state index < -0.39 is 0 Å². The predicted molar refractivity (Wildman–Crippen MR) is 45.2 cm³/mol. The molecule has 4 atom stereocenters. The van der Waals surface area contributed by atoms with E-state index >= 15 is 0 Å². The first kappa shape index (κ1) is 8.01. The molecule has 0 aliphatic carbocycles. The Bertz CT molecular complexity index is 195. The molecular weight excluding hydrogens is 156 g/mol. The van der Waals surface area contributed by atoms with Gasteiger partial charge >= 0.3 is 0 Å². The molecule has 0 bridgehead atoms. The van der Waals surface area contributed by atoms with Crippen LogP contribution in [0.5, 0.6) is 0 Å². The first-order valence-corrected chi connectivity index (χ1v) is 4.37. The first-order valence-electron chi connectivity index (χ1n) is 4.37. The van der Waals surface area contributed by atoms with Crippen LogP contribution in [0.4, 0.5) is 0 Å². The summed E-state index contributed by atoms with van der Waals surface area (Å²) in [7, 11) is 0. The van der Waals surface area contributed by atoms with Gasteiger partial charge in [-0.05, 0) is 13.3 Å². The van der Waals surface area contributed by atoms with Crippen LogP contribution >= 0.6 is 0 Å². The van der Waals surface area contributed by atoms with Gasteiger partial charge in [-0.25, -0.2) is 0 Å². The van der Waals surface area contributed by atoms with E-state index in [4.69, 9.17) is 9.84 Å². The SMILES string of the molecule is CC1OC(CCO)C2NC=NC12. The molecule has 0 saturated carbocycles. The van der Waals surface area contributed by atoms with Crippen LogP contribution in [0.1, 0.15) is 13.3 Å². The molecule has 12 heavy (non-hydrogen) atoms. The Kier molecular flexibility index (Phi) is 2.02. The molecule has 2 N–H and O–H groups in total. The highest BCUT2D eigenvalue weighted by molar-refractivity contribution is 5.59. The summed E-state index contributed by atoms with van der Waals surface area (Å²) in [6, 6.07) is 0.536. The Balaban J connectivity index is 2.02. The zero-order valence-corrected chi connectivity index (χ0v) is 7.10. The number of hydrogen-bond acceptors (Lipinski definition) is 4. The van der Waals surface area contributed by atoms with Gasteiger partial charge in [-0.2, -0.15) is 0 Å². The molecular formula is C8H14N2O2. The van der Waals surface area contributed by atoms with Crippen LogP contribution in [0.2, 0.25) is 0 Å². The van der Waals surface area contributed by atoms with Gasteiger partial charge in [0, 0.05) is 6.61 Å². The third-order valence-electron chi connectivity index (χ3n) is 2.57. The van der Waals surface area contributed by atoms with E-state index in [1.165, 1.54) is 0 Å². The second-order valence-corrected chi connectivity index (χ2v) is 3.35. The third kappa shape index (κ3) is 1.11. The van der Waals surface area contributed by atoms with Crippen molar-refractivity contribution in [3.05, 3.63) is 0 Å². The van der Waals surface area contributed by atoms with Crippen LogP contribution < -0.4 is 5.32 Å². The van der Waals surface area contributed by atoms with Crippen molar-refractivity contribution in [1.29, 1.82) is 0 Å². The van der Waals surface area contributed by atoms with Crippen LogP contribution in [-0.4, -0.2) is 42.3 Å². The normalized spacial score (nSPS) is 44.5. The first-order chi connectivity index (χ1) is 5.83. The van der Waals surface area contributed by atoms with Gasteiger partial charge in [0.2, 0.25) is 0 Å². The summed E-state index contributed by atoms with van der Waals surface area (Å²) in [5.41, 5.74) is 0. The van der Waals surface area contributed by atoms with Crippen molar-refractivity contribution in [2.45, 2.75) is 37.6 Å². The fourth-order valence-corrected chi connectivity index (χ4v) is 1.96. The van der Waals surface area contributed by atoms with Crippen LogP contribution in [0.3, 0.4) is 0 Å². The Labute approximate surface area is 71.6 Å². The highest BCUT2D eigenvalue weighted by atomic mass is 16.5. The quantitative estimate of drug-likeness (QED) is 0.589. The van der Waals surface area contributed by atoms with E-state index in [1.54, 1.807) is 6.34 Å². The highest BCUT2D eigenvalue weighted by Gasteiger charge is 2.43. The van der Waals surface area contributed by atoms with E-state index in [9.17, 15) is 0 Å². The standard InChI is InChI=1S/C8H14N2O2/c1-5-7-8(10-4-9-7)6(12-5)2-3-11/h4-8,11H,2-3H2,1H3,(H,9,10). The monoisotopic (exact) mass is 170 g/mol. The number of aliphatic imine (C=N–C) groups is 1. The topological polar surface area (TPSA) is 53.9 Å². The summed E-state index contributed by atoms with van der Waals surface area (Å²) in [6.07, 6.45) is 2.75. The Hall–Kier alpha value is -0.610. The molecule has 2 heterocycles. The van der Waals surface area contributed by atoms with E-state index in [0.717, 1.165) is 0 Å². The van der Waals surface area contributed by atoms with Gasteiger partial charge < -0.3 is 15.2 Å². The van der Waals surface area contributed by atoms with Crippen molar-refractivity contribution in [2.24, 2.45) is 4.99 Å². The second kappa shape index (κ2) is 3.03. The minimum absolute atomic E-state index is 0.123. The lowest BCUT2D eigenvalue weighted by Gasteiger charge is -2.15. The molecule has 0 spiro atoms. The number of aliphatic hydroxyl groups is 1.